The van der Waals surface area contributed by atoms with Crippen LogP contribution in [0.25, 0.3) is 31.4 Å². The van der Waals surface area contributed by atoms with Crippen molar-refractivity contribution in [3.63, 3.8) is 0 Å². The van der Waals surface area contributed by atoms with Crippen LogP contribution in [-0.4, -0.2) is 10.2 Å². The van der Waals surface area contributed by atoms with Crippen molar-refractivity contribution in [1.29, 1.82) is 0 Å². The van der Waals surface area contributed by atoms with Gasteiger partial charge in [-0.2, -0.15) is 5.10 Å². The highest BCUT2D eigenvalue weighted by Crippen LogP contribution is 2.42. The molecule has 0 bridgehead atoms. The van der Waals surface area contributed by atoms with Crippen LogP contribution in [0.1, 0.15) is 12.5 Å². The van der Waals surface area contributed by atoms with Crippen LogP contribution in [0.4, 0.5) is 13.2 Å². The summed E-state index contributed by atoms with van der Waals surface area (Å²) in [5.74, 6) is -3.78. The summed E-state index contributed by atoms with van der Waals surface area (Å²) in [4.78, 5) is 0.685. The summed E-state index contributed by atoms with van der Waals surface area (Å²) in [7, 11) is 0. The smallest absolute Gasteiger partial charge is 0.271 e. The molecule has 0 amide bonds. The van der Waals surface area contributed by atoms with Crippen LogP contribution in [0.3, 0.4) is 0 Å². The van der Waals surface area contributed by atoms with E-state index in [0.29, 0.717) is 10.4 Å². The first kappa shape index (κ1) is 16.8. The first-order valence-electron chi connectivity index (χ1n) is 6.97. The molecule has 0 radical (unpaired) electrons. The van der Waals surface area contributed by atoms with Gasteiger partial charge >= 0.3 is 0 Å². The molecule has 4 aromatic rings. The molecule has 1 N–H and O–H groups in total. The minimum atomic E-state index is -3.11. The van der Waals surface area contributed by atoms with Gasteiger partial charge in [0, 0.05) is 33.0 Å². The summed E-state index contributed by atoms with van der Waals surface area (Å²) < 4.78 is 42.1. The van der Waals surface area contributed by atoms with Gasteiger partial charge in [0.05, 0.1) is 11.7 Å². The standard InChI is InChI=1S/C17H11F3N2S.ClH/c1-17(19,20)13-7-10(18)3-4-11(13)15-6-9-2-5-14-12(8-21-22-14)16(9)23-15;/h2-8H,1H3,(H,21,22);1H. The molecule has 0 fully saturated rings. The third-order valence-electron chi connectivity index (χ3n) is 3.82. The van der Waals surface area contributed by atoms with E-state index in [0.717, 1.165) is 34.0 Å². The molecule has 0 aliphatic heterocycles. The molecule has 2 aromatic heterocycles. The van der Waals surface area contributed by atoms with Crippen molar-refractivity contribution in [2.24, 2.45) is 0 Å². The average molecular weight is 369 g/mol. The van der Waals surface area contributed by atoms with E-state index in [1.54, 1.807) is 6.20 Å². The molecular weight excluding hydrogens is 357 g/mol. The van der Waals surface area contributed by atoms with Gasteiger partial charge in [0.25, 0.3) is 5.92 Å². The SMILES string of the molecule is CC(F)(F)c1cc(F)ccc1-c1cc2ccc3[nH]ncc3c2s1.Cl. The Morgan fingerprint density at radius 1 is 1.12 bits per heavy atom. The van der Waals surface area contributed by atoms with Gasteiger partial charge in [-0.05, 0) is 29.7 Å². The molecule has 124 valence electrons. The Kier molecular flexibility index (Phi) is 4.05. The van der Waals surface area contributed by atoms with Gasteiger partial charge in [0.1, 0.15) is 5.82 Å². The lowest BCUT2D eigenvalue weighted by Crippen LogP contribution is -2.09. The number of hydrogen-bond acceptors (Lipinski definition) is 2. The maximum atomic E-state index is 13.9. The summed E-state index contributed by atoms with van der Waals surface area (Å²) in [6, 6.07) is 9.22. The van der Waals surface area contributed by atoms with Gasteiger partial charge in [0.15, 0.2) is 0 Å². The fourth-order valence-corrected chi connectivity index (χ4v) is 3.96. The molecular formula is C17H12ClF3N2S. The van der Waals surface area contributed by atoms with Crippen LogP contribution in [-0.2, 0) is 5.92 Å². The molecule has 2 aromatic carbocycles. The van der Waals surface area contributed by atoms with Gasteiger partial charge in [0.2, 0.25) is 0 Å². The van der Waals surface area contributed by atoms with Crippen molar-refractivity contribution in [1.82, 2.24) is 10.2 Å². The zero-order valence-corrected chi connectivity index (χ0v) is 14.1. The molecule has 0 aliphatic rings. The number of H-pyrrole nitrogens is 1. The lowest BCUT2D eigenvalue weighted by molar-refractivity contribution is 0.0178. The molecule has 24 heavy (non-hydrogen) atoms. The highest BCUT2D eigenvalue weighted by molar-refractivity contribution is 7.23. The highest BCUT2D eigenvalue weighted by Gasteiger charge is 2.29. The van der Waals surface area contributed by atoms with Gasteiger partial charge in [-0.3, -0.25) is 5.10 Å². The van der Waals surface area contributed by atoms with Crippen LogP contribution >= 0.6 is 23.7 Å². The summed E-state index contributed by atoms with van der Waals surface area (Å²) in [6.45, 7) is 0.785. The number of nitrogens with zero attached hydrogens (tertiary/aromatic N) is 1. The van der Waals surface area contributed by atoms with E-state index in [1.807, 2.05) is 18.2 Å². The molecule has 2 heterocycles. The number of fused-ring (bicyclic) bond motifs is 3. The number of aromatic amines is 1. The van der Waals surface area contributed by atoms with E-state index in [2.05, 4.69) is 10.2 Å². The van der Waals surface area contributed by atoms with E-state index in [4.69, 9.17) is 0 Å². The minimum Gasteiger partial charge on any atom is -0.278 e. The Morgan fingerprint density at radius 3 is 2.67 bits per heavy atom. The van der Waals surface area contributed by atoms with Crippen LogP contribution in [0.5, 0.6) is 0 Å². The Hall–Kier alpha value is -2.05. The predicted molar refractivity (Wildman–Crippen MR) is 93.7 cm³/mol. The first-order chi connectivity index (χ1) is 10.9. The van der Waals surface area contributed by atoms with E-state index in [-0.39, 0.29) is 18.0 Å². The topological polar surface area (TPSA) is 28.7 Å². The van der Waals surface area contributed by atoms with Crippen molar-refractivity contribution < 1.29 is 13.2 Å². The largest absolute Gasteiger partial charge is 0.278 e. The normalized spacial score (nSPS) is 11.8. The third kappa shape index (κ3) is 2.65. The zero-order chi connectivity index (χ0) is 16.2. The van der Waals surface area contributed by atoms with E-state index >= 15 is 0 Å². The second-order valence-corrected chi connectivity index (χ2v) is 6.56. The number of halogens is 4. The molecule has 0 unspecified atom stereocenters. The van der Waals surface area contributed by atoms with Crippen molar-refractivity contribution in [2.75, 3.05) is 0 Å². The van der Waals surface area contributed by atoms with Crippen molar-refractivity contribution in [3.05, 3.63) is 54.0 Å². The molecule has 2 nitrogen and oxygen atoms in total. The zero-order valence-electron chi connectivity index (χ0n) is 12.4. The molecule has 0 spiro atoms. The van der Waals surface area contributed by atoms with Crippen LogP contribution in [0.15, 0.2) is 42.6 Å². The van der Waals surface area contributed by atoms with Gasteiger partial charge < -0.3 is 0 Å². The Labute approximate surface area is 145 Å². The molecule has 0 aliphatic carbocycles. The number of nitrogens with one attached hydrogen (secondary N) is 1. The van der Waals surface area contributed by atoms with E-state index in [9.17, 15) is 13.2 Å². The number of benzene rings is 2. The van der Waals surface area contributed by atoms with Gasteiger partial charge in [-0.15, -0.1) is 23.7 Å². The van der Waals surface area contributed by atoms with Gasteiger partial charge in [-0.1, -0.05) is 12.1 Å². The summed E-state index contributed by atoms with van der Waals surface area (Å²) >= 11 is 1.40. The summed E-state index contributed by atoms with van der Waals surface area (Å²) in [5, 5.41) is 8.81. The first-order valence-corrected chi connectivity index (χ1v) is 7.79. The van der Waals surface area contributed by atoms with Crippen LogP contribution in [0.2, 0.25) is 0 Å². The van der Waals surface area contributed by atoms with Gasteiger partial charge in [-0.25, -0.2) is 13.2 Å². The van der Waals surface area contributed by atoms with Crippen LogP contribution < -0.4 is 0 Å². The number of aromatic nitrogens is 2. The summed E-state index contributed by atoms with van der Waals surface area (Å²) in [5.41, 5.74) is 0.954. The maximum Gasteiger partial charge on any atom is 0.271 e. The second kappa shape index (κ2) is 5.79. The number of thiophene rings is 1. The van der Waals surface area contributed by atoms with Crippen molar-refractivity contribution in [3.8, 4) is 10.4 Å². The van der Waals surface area contributed by atoms with E-state index in [1.165, 1.54) is 23.5 Å². The lowest BCUT2D eigenvalue weighted by Gasteiger charge is -2.15. The predicted octanol–water partition coefficient (Wildman–Crippen LogP) is 6.12. The molecule has 0 saturated heterocycles. The fraction of sp³-hybridized carbons (Fsp3) is 0.118. The third-order valence-corrected chi connectivity index (χ3v) is 5.04. The van der Waals surface area contributed by atoms with E-state index < -0.39 is 11.7 Å². The highest BCUT2D eigenvalue weighted by atomic mass is 35.5. The molecule has 4 rings (SSSR count). The molecule has 0 atom stereocenters. The minimum absolute atomic E-state index is 0. The maximum absolute atomic E-state index is 13.9. The number of alkyl halides is 2. The summed E-state index contributed by atoms with van der Waals surface area (Å²) in [6.07, 6.45) is 1.72. The number of rotatable bonds is 2. The van der Waals surface area contributed by atoms with Crippen molar-refractivity contribution in [2.45, 2.75) is 12.8 Å². The monoisotopic (exact) mass is 368 g/mol. The molecule has 7 heteroatoms. The van der Waals surface area contributed by atoms with Crippen molar-refractivity contribution >= 4 is 44.7 Å². The number of hydrogen-bond donors (Lipinski definition) is 1. The quantitative estimate of drug-likeness (QED) is 0.454. The Balaban J connectivity index is 0.00000169. The lowest BCUT2D eigenvalue weighted by atomic mass is 10.0. The second-order valence-electron chi connectivity index (χ2n) is 5.50. The Bertz CT molecular complexity index is 1030. The van der Waals surface area contributed by atoms with Crippen LogP contribution in [0, 0.1) is 5.82 Å². The Morgan fingerprint density at radius 2 is 1.92 bits per heavy atom. The average Bonchev–Trinajstić information content (AvgIpc) is 3.11. The molecule has 0 saturated carbocycles. The fourth-order valence-electron chi connectivity index (χ4n) is 2.74.